The molecular formula is C23H34FN3O5. The molecule has 0 spiro atoms. The van der Waals surface area contributed by atoms with Gasteiger partial charge in [-0.2, -0.15) is 0 Å². The second-order valence-electron chi connectivity index (χ2n) is 9.31. The van der Waals surface area contributed by atoms with Crippen molar-refractivity contribution in [1.29, 1.82) is 0 Å². The Hall–Kier alpha value is -2.23. The summed E-state index contributed by atoms with van der Waals surface area (Å²) in [5.41, 5.74) is -1.88. The summed E-state index contributed by atoms with van der Waals surface area (Å²) in [5, 5.41) is 22.5. The molecule has 2 aliphatic rings. The Morgan fingerprint density at radius 2 is 1.66 bits per heavy atom. The third-order valence-electron chi connectivity index (χ3n) is 6.43. The zero-order valence-electron chi connectivity index (χ0n) is 19.1. The molecule has 1 atom stereocenters. The predicted molar refractivity (Wildman–Crippen MR) is 117 cm³/mol. The van der Waals surface area contributed by atoms with Gasteiger partial charge in [0.25, 0.3) is 0 Å². The number of aliphatic hydroxyl groups is 2. The molecule has 2 saturated heterocycles. The maximum absolute atomic E-state index is 13.5. The van der Waals surface area contributed by atoms with Gasteiger partial charge >= 0.3 is 0 Å². The number of likely N-dealkylation sites (tertiary alicyclic amines) is 1. The lowest BCUT2D eigenvalue weighted by molar-refractivity contribution is -0.134. The SMILES string of the molecule is CC(=O)N1CCC(O)(CN2CCN(C(C)=O)C[C@](O)(COc3ccc(F)c(C)c3)C2)CC1. The summed E-state index contributed by atoms with van der Waals surface area (Å²) in [6, 6.07) is 4.40. The van der Waals surface area contributed by atoms with Crippen molar-refractivity contribution in [3.05, 3.63) is 29.6 Å². The minimum Gasteiger partial charge on any atom is -0.490 e. The summed E-state index contributed by atoms with van der Waals surface area (Å²) in [6.45, 7) is 7.15. The van der Waals surface area contributed by atoms with Crippen LogP contribution in [0.5, 0.6) is 5.75 Å². The van der Waals surface area contributed by atoms with Gasteiger partial charge < -0.3 is 24.7 Å². The average molecular weight is 452 g/mol. The molecule has 0 unspecified atom stereocenters. The van der Waals surface area contributed by atoms with Crippen molar-refractivity contribution in [2.45, 2.75) is 44.8 Å². The first kappa shape index (κ1) is 24.4. The summed E-state index contributed by atoms with van der Waals surface area (Å²) in [7, 11) is 0. The number of β-amino-alcohol motifs (C(OH)–C–C–N with tert-alkyl or cyclic N) is 2. The molecule has 1 aromatic rings. The number of ether oxygens (including phenoxy) is 1. The molecule has 1 aromatic carbocycles. The van der Waals surface area contributed by atoms with Gasteiger partial charge in [0.15, 0.2) is 0 Å². The Kier molecular flexibility index (Phi) is 7.42. The molecule has 2 fully saturated rings. The van der Waals surface area contributed by atoms with E-state index in [-0.39, 0.29) is 37.3 Å². The fraction of sp³-hybridized carbons (Fsp3) is 0.652. The summed E-state index contributed by atoms with van der Waals surface area (Å²) in [5.74, 6) is -0.0286. The molecule has 0 bridgehead atoms. The number of rotatable bonds is 5. The van der Waals surface area contributed by atoms with Crippen LogP contribution >= 0.6 is 0 Å². The monoisotopic (exact) mass is 451 g/mol. The quantitative estimate of drug-likeness (QED) is 0.687. The van der Waals surface area contributed by atoms with E-state index in [1.807, 2.05) is 4.90 Å². The molecule has 0 radical (unpaired) electrons. The van der Waals surface area contributed by atoms with E-state index in [1.54, 1.807) is 22.8 Å². The molecule has 2 heterocycles. The van der Waals surface area contributed by atoms with Crippen LogP contribution in [0.1, 0.15) is 32.3 Å². The maximum Gasteiger partial charge on any atom is 0.219 e. The number of hydrogen-bond acceptors (Lipinski definition) is 6. The van der Waals surface area contributed by atoms with Crippen molar-refractivity contribution in [2.24, 2.45) is 0 Å². The van der Waals surface area contributed by atoms with Gasteiger partial charge in [-0.3, -0.25) is 14.5 Å². The largest absolute Gasteiger partial charge is 0.490 e. The minimum atomic E-state index is -1.36. The number of hydrogen-bond donors (Lipinski definition) is 2. The van der Waals surface area contributed by atoms with Crippen LogP contribution in [0.2, 0.25) is 0 Å². The van der Waals surface area contributed by atoms with E-state index in [1.165, 1.54) is 26.0 Å². The van der Waals surface area contributed by atoms with E-state index < -0.39 is 11.2 Å². The normalized spacial score (nSPS) is 24.2. The van der Waals surface area contributed by atoms with Crippen LogP contribution in [-0.2, 0) is 9.59 Å². The van der Waals surface area contributed by atoms with Crippen LogP contribution in [0.3, 0.4) is 0 Å². The lowest BCUT2D eigenvalue weighted by Crippen LogP contribution is -2.56. The molecule has 178 valence electrons. The van der Waals surface area contributed by atoms with Crippen LogP contribution in [0, 0.1) is 12.7 Å². The number of benzene rings is 1. The lowest BCUT2D eigenvalue weighted by Gasteiger charge is -2.41. The van der Waals surface area contributed by atoms with Crippen LogP contribution < -0.4 is 4.74 Å². The van der Waals surface area contributed by atoms with Crippen molar-refractivity contribution in [3.8, 4) is 5.75 Å². The van der Waals surface area contributed by atoms with E-state index in [2.05, 4.69) is 0 Å². The molecule has 2 aliphatic heterocycles. The second kappa shape index (κ2) is 9.72. The molecule has 2 N–H and O–H groups in total. The zero-order chi connectivity index (χ0) is 23.5. The fourth-order valence-corrected chi connectivity index (χ4v) is 4.47. The summed E-state index contributed by atoms with van der Waals surface area (Å²) in [4.78, 5) is 28.9. The Labute approximate surface area is 188 Å². The summed E-state index contributed by atoms with van der Waals surface area (Å²) >= 11 is 0. The van der Waals surface area contributed by atoms with Gasteiger partial charge in [-0.05, 0) is 43.5 Å². The average Bonchev–Trinajstić information content (AvgIpc) is 2.88. The van der Waals surface area contributed by atoms with E-state index in [9.17, 15) is 24.2 Å². The van der Waals surface area contributed by atoms with E-state index in [0.717, 1.165) is 0 Å². The molecule has 0 saturated carbocycles. The number of nitrogens with zero attached hydrogens (tertiary/aromatic N) is 3. The number of halogens is 1. The fourth-order valence-electron chi connectivity index (χ4n) is 4.47. The number of aryl methyl sites for hydroxylation is 1. The van der Waals surface area contributed by atoms with Gasteiger partial charge in [0.1, 0.15) is 23.8 Å². The number of carbonyl (C=O) groups excluding carboxylic acids is 2. The molecular weight excluding hydrogens is 417 g/mol. The van der Waals surface area contributed by atoms with Gasteiger partial charge in [-0.15, -0.1) is 0 Å². The van der Waals surface area contributed by atoms with Gasteiger partial charge in [0.05, 0.1) is 12.1 Å². The van der Waals surface area contributed by atoms with Crippen molar-refractivity contribution >= 4 is 11.8 Å². The van der Waals surface area contributed by atoms with Crippen molar-refractivity contribution in [3.63, 3.8) is 0 Å². The summed E-state index contributed by atoms with van der Waals surface area (Å²) < 4.78 is 19.3. The van der Waals surface area contributed by atoms with E-state index >= 15 is 0 Å². The Bertz CT molecular complexity index is 843. The number of carbonyl (C=O) groups is 2. The third-order valence-corrected chi connectivity index (χ3v) is 6.43. The molecule has 8 nitrogen and oxygen atoms in total. The Morgan fingerprint density at radius 3 is 2.25 bits per heavy atom. The van der Waals surface area contributed by atoms with Crippen molar-refractivity contribution in [2.75, 3.05) is 52.4 Å². The van der Waals surface area contributed by atoms with Crippen LogP contribution in [0.25, 0.3) is 0 Å². The van der Waals surface area contributed by atoms with Crippen LogP contribution in [0.15, 0.2) is 18.2 Å². The third kappa shape index (κ3) is 6.17. The minimum absolute atomic E-state index is 0.00137. The lowest BCUT2D eigenvalue weighted by atomic mass is 9.90. The standard InChI is InChI=1S/C23H34FN3O5/c1-17-12-20(4-5-21(17)24)32-16-23(31)14-25(10-11-27(15-23)19(3)29)13-22(30)6-8-26(9-7-22)18(2)28/h4-5,12,30-31H,6-11,13-16H2,1-3H3/t23-/m0/s1. The van der Waals surface area contributed by atoms with Gasteiger partial charge in [-0.25, -0.2) is 4.39 Å². The van der Waals surface area contributed by atoms with E-state index in [0.29, 0.717) is 56.9 Å². The first-order valence-corrected chi connectivity index (χ1v) is 11.1. The van der Waals surface area contributed by atoms with Crippen LogP contribution in [0.4, 0.5) is 4.39 Å². The highest BCUT2D eigenvalue weighted by molar-refractivity contribution is 5.73. The highest BCUT2D eigenvalue weighted by Crippen LogP contribution is 2.26. The van der Waals surface area contributed by atoms with Crippen molar-refractivity contribution < 1.29 is 28.9 Å². The molecule has 0 aromatic heterocycles. The first-order chi connectivity index (χ1) is 15.0. The molecule has 2 amide bonds. The number of amides is 2. The smallest absolute Gasteiger partial charge is 0.219 e. The predicted octanol–water partition coefficient (Wildman–Crippen LogP) is 0.782. The highest BCUT2D eigenvalue weighted by atomic mass is 19.1. The van der Waals surface area contributed by atoms with Gasteiger partial charge in [0, 0.05) is 53.1 Å². The van der Waals surface area contributed by atoms with Gasteiger partial charge in [0.2, 0.25) is 11.8 Å². The summed E-state index contributed by atoms with van der Waals surface area (Å²) in [6.07, 6.45) is 0.923. The topological polar surface area (TPSA) is 93.6 Å². The molecule has 9 heteroatoms. The van der Waals surface area contributed by atoms with Crippen LogP contribution in [-0.4, -0.2) is 100 Å². The van der Waals surface area contributed by atoms with E-state index in [4.69, 9.17) is 4.74 Å². The van der Waals surface area contributed by atoms with Gasteiger partial charge in [-0.1, -0.05) is 0 Å². The second-order valence-corrected chi connectivity index (χ2v) is 9.31. The zero-order valence-corrected chi connectivity index (χ0v) is 19.1. The van der Waals surface area contributed by atoms with Crippen molar-refractivity contribution in [1.82, 2.24) is 14.7 Å². The molecule has 32 heavy (non-hydrogen) atoms. The Morgan fingerprint density at radius 1 is 1.00 bits per heavy atom. The highest BCUT2D eigenvalue weighted by Gasteiger charge is 2.41. The molecule has 3 rings (SSSR count). The molecule has 0 aliphatic carbocycles. The number of piperidine rings is 1. The first-order valence-electron chi connectivity index (χ1n) is 11.1. The maximum atomic E-state index is 13.5. The Balaban J connectivity index is 1.69.